The van der Waals surface area contributed by atoms with Crippen LogP contribution in [0, 0.1) is 20.8 Å². The van der Waals surface area contributed by atoms with E-state index in [1.807, 2.05) is 25.1 Å². The van der Waals surface area contributed by atoms with Crippen molar-refractivity contribution in [1.29, 1.82) is 0 Å². The highest BCUT2D eigenvalue weighted by atomic mass is 19.4. The number of benzene rings is 3. The van der Waals surface area contributed by atoms with Crippen LogP contribution in [0.3, 0.4) is 0 Å². The van der Waals surface area contributed by atoms with Gasteiger partial charge in [-0.05, 0) is 105 Å². The van der Waals surface area contributed by atoms with Gasteiger partial charge in [-0.25, -0.2) is 4.79 Å². The molecule has 4 aromatic rings. The molecule has 0 amide bonds. The van der Waals surface area contributed by atoms with Gasteiger partial charge in [-0.15, -0.1) is 0 Å². The lowest BCUT2D eigenvalue weighted by molar-refractivity contribution is -0.154. The number of likely N-dealkylation sites (tertiary alicyclic amines) is 1. The van der Waals surface area contributed by atoms with Crippen molar-refractivity contribution in [2.45, 2.75) is 78.9 Å². The van der Waals surface area contributed by atoms with Gasteiger partial charge in [0.15, 0.2) is 0 Å². The van der Waals surface area contributed by atoms with Gasteiger partial charge in [0.25, 0.3) is 5.76 Å². The van der Waals surface area contributed by atoms with Gasteiger partial charge in [-0.1, -0.05) is 45.4 Å². The molecule has 1 aliphatic rings. The number of fused-ring (bicyclic) bond motifs is 1. The summed E-state index contributed by atoms with van der Waals surface area (Å²) in [6, 6.07) is 13.3. The van der Waals surface area contributed by atoms with Gasteiger partial charge in [-0.2, -0.15) is 13.2 Å². The van der Waals surface area contributed by atoms with E-state index in [1.165, 1.54) is 12.1 Å². The molecule has 0 N–H and O–H groups in total. The maximum Gasteiger partial charge on any atom is 0.453 e. The zero-order valence-corrected chi connectivity index (χ0v) is 26.5. The van der Waals surface area contributed by atoms with Gasteiger partial charge in [-0.3, -0.25) is 9.69 Å². The molecule has 0 unspecified atom stereocenters. The highest BCUT2D eigenvalue weighted by molar-refractivity contribution is 5.92. The molecule has 1 saturated heterocycles. The molecule has 0 radical (unpaired) electrons. The summed E-state index contributed by atoms with van der Waals surface area (Å²) in [5.74, 6) is -2.97. The van der Waals surface area contributed by atoms with Gasteiger partial charge in [0.2, 0.25) is 11.2 Å². The van der Waals surface area contributed by atoms with Crippen LogP contribution >= 0.6 is 0 Å². The highest BCUT2D eigenvalue weighted by Crippen LogP contribution is 2.41. The molecule has 45 heavy (non-hydrogen) atoms. The molecule has 3 aromatic carbocycles. The van der Waals surface area contributed by atoms with Crippen LogP contribution in [0.25, 0.3) is 11.0 Å². The van der Waals surface area contributed by atoms with Crippen LogP contribution in [0.1, 0.15) is 84.0 Å². The molecule has 0 saturated carbocycles. The zero-order chi connectivity index (χ0) is 32.7. The number of halogens is 3. The third-order valence-electron chi connectivity index (χ3n) is 8.33. The number of piperidine rings is 1. The number of carbonyl (C=O) groups excluding carboxylic acids is 1. The van der Waals surface area contributed by atoms with Crippen LogP contribution in [-0.4, -0.2) is 24.0 Å². The average molecular weight is 622 g/mol. The summed E-state index contributed by atoms with van der Waals surface area (Å²) in [6.45, 7) is 13.1. The van der Waals surface area contributed by atoms with Gasteiger partial charge < -0.3 is 13.9 Å². The Morgan fingerprint density at radius 1 is 0.911 bits per heavy atom. The Bertz CT molecular complexity index is 1790. The van der Waals surface area contributed by atoms with Gasteiger partial charge in [0.05, 0.1) is 16.5 Å². The van der Waals surface area contributed by atoms with E-state index in [9.17, 15) is 22.8 Å². The second-order valence-corrected chi connectivity index (χ2v) is 12.9. The maximum absolute atomic E-state index is 14.5. The predicted octanol–water partition coefficient (Wildman–Crippen LogP) is 9.03. The van der Waals surface area contributed by atoms with Crippen LogP contribution < -0.4 is 14.9 Å². The number of nitrogens with zero attached hydrogens (tertiary/aromatic N) is 1. The standard InChI is InChI=1S/C36H38F3NO5/c1-21-18-22(2)23(3)29(19-21)43-32-30(41)26-14-15-28(44-34(42)24-10-12-25(13-11-24)35(4,5)6)27(20-40-16-8-7-9-17-40)31(26)45-33(32)36(37,38)39/h10-15,18-19H,7-9,16-17,20H2,1-6H3. The van der Waals surface area contributed by atoms with Crippen LogP contribution in [-0.2, 0) is 18.1 Å². The Labute approximate surface area is 260 Å². The van der Waals surface area contributed by atoms with E-state index >= 15 is 0 Å². The van der Waals surface area contributed by atoms with Crippen LogP contribution in [0.4, 0.5) is 13.2 Å². The molecular weight excluding hydrogens is 583 g/mol. The fraction of sp³-hybridized carbons (Fsp3) is 0.389. The van der Waals surface area contributed by atoms with E-state index in [0.29, 0.717) is 18.7 Å². The zero-order valence-electron chi connectivity index (χ0n) is 26.5. The van der Waals surface area contributed by atoms with Crippen molar-refractivity contribution < 1.29 is 31.9 Å². The summed E-state index contributed by atoms with van der Waals surface area (Å²) in [5.41, 5.74) is 2.36. The monoisotopic (exact) mass is 621 g/mol. The second kappa shape index (κ2) is 12.4. The molecule has 6 nitrogen and oxygen atoms in total. The number of aryl methyl sites for hydroxylation is 2. The van der Waals surface area contributed by atoms with Gasteiger partial charge in [0, 0.05) is 6.54 Å². The van der Waals surface area contributed by atoms with E-state index in [-0.39, 0.29) is 45.6 Å². The molecule has 1 fully saturated rings. The summed E-state index contributed by atoms with van der Waals surface area (Å²) < 4.78 is 60.8. The molecule has 0 spiro atoms. The lowest BCUT2D eigenvalue weighted by Gasteiger charge is -2.27. The van der Waals surface area contributed by atoms with Crippen molar-refractivity contribution in [3.63, 3.8) is 0 Å². The molecule has 0 aliphatic carbocycles. The normalized spacial score (nSPS) is 14.5. The molecule has 5 rings (SSSR count). The minimum absolute atomic E-state index is 0.0352. The van der Waals surface area contributed by atoms with E-state index in [0.717, 1.165) is 36.0 Å². The van der Waals surface area contributed by atoms with Crippen molar-refractivity contribution in [3.8, 4) is 17.2 Å². The number of carbonyl (C=O) groups is 1. The Morgan fingerprint density at radius 3 is 2.20 bits per heavy atom. The molecule has 9 heteroatoms. The van der Waals surface area contributed by atoms with Crippen molar-refractivity contribution in [1.82, 2.24) is 4.90 Å². The molecule has 1 aliphatic heterocycles. The Morgan fingerprint density at radius 2 is 1.58 bits per heavy atom. The highest BCUT2D eigenvalue weighted by Gasteiger charge is 2.41. The predicted molar refractivity (Wildman–Crippen MR) is 167 cm³/mol. The van der Waals surface area contributed by atoms with Crippen LogP contribution in [0.15, 0.2) is 57.7 Å². The van der Waals surface area contributed by atoms with Crippen LogP contribution in [0.2, 0.25) is 0 Å². The van der Waals surface area contributed by atoms with Crippen LogP contribution in [0.5, 0.6) is 17.2 Å². The molecular formula is C36H38F3NO5. The fourth-order valence-electron chi connectivity index (χ4n) is 5.63. The van der Waals surface area contributed by atoms with Crippen molar-refractivity contribution >= 4 is 16.9 Å². The first-order valence-corrected chi connectivity index (χ1v) is 15.1. The molecule has 238 valence electrons. The first-order valence-electron chi connectivity index (χ1n) is 15.1. The lowest BCUT2D eigenvalue weighted by Crippen LogP contribution is -2.29. The average Bonchev–Trinajstić information content (AvgIpc) is 2.97. The Hall–Kier alpha value is -4.11. The van der Waals surface area contributed by atoms with Gasteiger partial charge in [0.1, 0.15) is 17.1 Å². The van der Waals surface area contributed by atoms with Crippen molar-refractivity contribution in [3.05, 3.63) is 97.9 Å². The smallest absolute Gasteiger partial charge is 0.449 e. The Kier molecular flexibility index (Phi) is 8.86. The summed E-state index contributed by atoms with van der Waals surface area (Å²) in [5, 5.41) is -0.0960. The third-order valence-corrected chi connectivity index (χ3v) is 8.33. The third kappa shape index (κ3) is 6.93. The second-order valence-electron chi connectivity index (χ2n) is 12.9. The SMILES string of the molecule is Cc1cc(C)c(C)c(Oc2c(C(F)(F)F)oc3c(CN4CCCCC4)c(OC(=O)c4ccc(C(C)(C)C)cc4)ccc3c2=O)c1. The molecule has 0 bridgehead atoms. The summed E-state index contributed by atoms with van der Waals surface area (Å²) in [7, 11) is 0. The fourth-order valence-corrected chi connectivity index (χ4v) is 5.63. The van der Waals surface area contributed by atoms with Crippen molar-refractivity contribution in [2.75, 3.05) is 13.1 Å². The van der Waals surface area contributed by atoms with E-state index < -0.39 is 29.1 Å². The number of ether oxygens (including phenoxy) is 2. The minimum Gasteiger partial charge on any atom is -0.449 e. The van der Waals surface area contributed by atoms with E-state index in [2.05, 4.69) is 25.7 Å². The molecule has 1 aromatic heterocycles. The number of alkyl halides is 3. The van der Waals surface area contributed by atoms with E-state index in [4.69, 9.17) is 13.9 Å². The van der Waals surface area contributed by atoms with E-state index in [1.54, 1.807) is 32.0 Å². The molecule has 2 heterocycles. The maximum atomic E-state index is 14.5. The number of hydrogen-bond acceptors (Lipinski definition) is 6. The first kappa shape index (κ1) is 32.3. The lowest BCUT2D eigenvalue weighted by atomic mass is 9.87. The summed E-state index contributed by atoms with van der Waals surface area (Å²) in [4.78, 5) is 29.1. The number of rotatable bonds is 6. The largest absolute Gasteiger partial charge is 0.453 e. The Balaban J connectivity index is 1.64. The van der Waals surface area contributed by atoms with Crippen molar-refractivity contribution in [2.24, 2.45) is 0 Å². The first-order chi connectivity index (χ1) is 21.1. The summed E-state index contributed by atoms with van der Waals surface area (Å²) in [6.07, 6.45) is -2.15. The summed E-state index contributed by atoms with van der Waals surface area (Å²) >= 11 is 0. The molecule has 0 atom stereocenters. The minimum atomic E-state index is -5.04. The van der Waals surface area contributed by atoms with Gasteiger partial charge >= 0.3 is 12.1 Å². The quantitative estimate of drug-likeness (QED) is 0.158. The topological polar surface area (TPSA) is 69.0 Å². The number of hydrogen-bond donors (Lipinski definition) is 0. The number of esters is 1.